The van der Waals surface area contributed by atoms with Crippen molar-refractivity contribution in [2.45, 2.75) is 45.3 Å². The molecule has 0 aliphatic carbocycles. The third kappa shape index (κ3) is 3.75. The molecule has 0 aliphatic rings. The number of rotatable bonds is 5. The van der Waals surface area contributed by atoms with E-state index >= 15 is 0 Å². The first-order valence-corrected chi connectivity index (χ1v) is 4.73. The fraction of sp³-hybridized carbons (Fsp3) is 0.800. The predicted molar refractivity (Wildman–Crippen MR) is 53.5 cm³/mol. The van der Waals surface area contributed by atoms with Crippen LogP contribution in [0.5, 0.6) is 0 Å². The first-order chi connectivity index (χ1) is 6.47. The van der Waals surface area contributed by atoms with Crippen LogP contribution in [-0.2, 0) is 9.53 Å². The van der Waals surface area contributed by atoms with Gasteiger partial charge in [-0.15, -0.1) is 0 Å². The number of nitrogens with one attached hydrogen (secondary N) is 1. The van der Waals surface area contributed by atoms with Crippen molar-refractivity contribution in [3.8, 4) is 6.07 Å². The Hall–Kier alpha value is -1.08. The van der Waals surface area contributed by atoms with E-state index in [2.05, 4.69) is 5.32 Å². The van der Waals surface area contributed by atoms with Gasteiger partial charge in [-0.3, -0.25) is 4.79 Å². The van der Waals surface area contributed by atoms with Crippen LogP contribution in [0.25, 0.3) is 0 Å². The van der Waals surface area contributed by atoms with Crippen LogP contribution in [0.4, 0.5) is 0 Å². The lowest BCUT2D eigenvalue weighted by molar-refractivity contribution is -0.139. The van der Waals surface area contributed by atoms with E-state index in [1.54, 1.807) is 13.8 Å². The smallest absolute Gasteiger partial charge is 0.252 e. The van der Waals surface area contributed by atoms with Gasteiger partial charge >= 0.3 is 0 Å². The zero-order chi connectivity index (χ0) is 11.2. The molecule has 0 fully saturated rings. The summed E-state index contributed by atoms with van der Waals surface area (Å²) in [5.74, 6) is -0.250. The highest BCUT2D eigenvalue weighted by molar-refractivity contribution is 5.84. The summed E-state index contributed by atoms with van der Waals surface area (Å²) in [6.07, 6.45) is 1.54. The second-order valence-corrected chi connectivity index (χ2v) is 3.66. The number of nitrogens with zero attached hydrogens (tertiary/aromatic N) is 1. The molecule has 1 unspecified atom stereocenters. The van der Waals surface area contributed by atoms with Gasteiger partial charge in [0.2, 0.25) is 0 Å². The molecule has 0 aliphatic heterocycles. The summed E-state index contributed by atoms with van der Waals surface area (Å²) >= 11 is 0. The maximum atomic E-state index is 11.6. The second kappa shape index (κ2) is 5.61. The second-order valence-electron chi connectivity index (χ2n) is 3.66. The van der Waals surface area contributed by atoms with Crippen molar-refractivity contribution in [3.05, 3.63) is 0 Å². The molecule has 0 spiro atoms. The number of carbonyl (C=O) groups excluding carboxylic acids is 1. The molecule has 0 radical (unpaired) electrons. The van der Waals surface area contributed by atoms with E-state index in [1.165, 1.54) is 7.11 Å². The molecule has 4 heteroatoms. The van der Waals surface area contributed by atoms with Crippen LogP contribution in [0.1, 0.15) is 33.6 Å². The molecular formula is C10H18N2O2. The minimum Gasteiger partial charge on any atom is -0.369 e. The Morgan fingerprint density at radius 1 is 1.64 bits per heavy atom. The lowest BCUT2D eigenvalue weighted by atomic mass is 10.1. The van der Waals surface area contributed by atoms with E-state index in [0.29, 0.717) is 6.42 Å². The topological polar surface area (TPSA) is 62.1 Å². The fourth-order valence-corrected chi connectivity index (χ4v) is 0.882. The Bertz CT molecular complexity index is 231. The highest BCUT2D eigenvalue weighted by atomic mass is 16.5. The first-order valence-electron chi connectivity index (χ1n) is 4.73. The SMILES string of the molecule is CCCC(C#N)NC(=O)C(C)(C)OC. The molecule has 0 bridgehead atoms. The number of hydrogen-bond donors (Lipinski definition) is 1. The third-order valence-corrected chi connectivity index (χ3v) is 2.10. The largest absolute Gasteiger partial charge is 0.369 e. The molecule has 0 aromatic carbocycles. The highest BCUT2D eigenvalue weighted by Crippen LogP contribution is 2.08. The molecule has 0 saturated heterocycles. The van der Waals surface area contributed by atoms with Crippen molar-refractivity contribution in [2.24, 2.45) is 0 Å². The normalized spacial score (nSPS) is 13.1. The standard InChI is InChI=1S/C10H18N2O2/c1-5-6-8(7-11)12-9(13)10(2,3)14-4/h8H,5-6H2,1-4H3,(H,12,13). The quantitative estimate of drug-likeness (QED) is 0.722. The van der Waals surface area contributed by atoms with Crippen molar-refractivity contribution in [1.82, 2.24) is 5.32 Å². The minimum atomic E-state index is -0.872. The first kappa shape index (κ1) is 12.9. The van der Waals surface area contributed by atoms with Crippen LogP contribution < -0.4 is 5.32 Å². The molecule has 0 aromatic rings. The molecule has 80 valence electrons. The van der Waals surface area contributed by atoms with Gasteiger partial charge < -0.3 is 10.1 Å². The Labute approximate surface area is 85.2 Å². The van der Waals surface area contributed by atoms with Crippen molar-refractivity contribution in [2.75, 3.05) is 7.11 Å². The van der Waals surface area contributed by atoms with Crippen LogP contribution in [0.3, 0.4) is 0 Å². The molecule has 0 saturated carbocycles. The monoisotopic (exact) mass is 198 g/mol. The zero-order valence-corrected chi connectivity index (χ0v) is 9.26. The molecule has 0 aromatic heterocycles. The summed E-state index contributed by atoms with van der Waals surface area (Å²) in [7, 11) is 1.47. The van der Waals surface area contributed by atoms with Crippen molar-refractivity contribution >= 4 is 5.91 Å². The van der Waals surface area contributed by atoms with Crippen LogP contribution in [-0.4, -0.2) is 24.7 Å². The summed E-state index contributed by atoms with van der Waals surface area (Å²) < 4.78 is 5.00. The molecular weight excluding hydrogens is 180 g/mol. The van der Waals surface area contributed by atoms with Gasteiger partial charge in [-0.05, 0) is 20.3 Å². The minimum absolute atomic E-state index is 0.250. The third-order valence-electron chi connectivity index (χ3n) is 2.10. The average Bonchev–Trinajstić information content (AvgIpc) is 2.16. The van der Waals surface area contributed by atoms with E-state index < -0.39 is 11.6 Å². The van der Waals surface area contributed by atoms with E-state index in [9.17, 15) is 4.79 Å². The van der Waals surface area contributed by atoms with E-state index in [4.69, 9.17) is 10.00 Å². The van der Waals surface area contributed by atoms with Gasteiger partial charge in [0, 0.05) is 7.11 Å². The number of carbonyl (C=O) groups is 1. The fourth-order valence-electron chi connectivity index (χ4n) is 0.882. The summed E-state index contributed by atoms with van der Waals surface area (Å²) in [6, 6.07) is 1.63. The lowest BCUT2D eigenvalue weighted by Gasteiger charge is -2.23. The van der Waals surface area contributed by atoms with Crippen LogP contribution in [0.2, 0.25) is 0 Å². The Balaban J connectivity index is 4.24. The van der Waals surface area contributed by atoms with Gasteiger partial charge in [0.05, 0.1) is 6.07 Å². The average molecular weight is 198 g/mol. The summed E-state index contributed by atoms with van der Waals surface area (Å²) in [6.45, 7) is 5.31. The van der Waals surface area contributed by atoms with Gasteiger partial charge in [0.25, 0.3) is 5.91 Å². The molecule has 1 N–H and O–H groups in total. The number of nitriles is 1. The van der Waals surface area contributed by atoms with Gasteiger partial charge in [-0.2, -0.15) is 5.26 Å². The Morgan fingerprint density at radius 2 is 2.21 bits per heavy atom. The maximum absolute atomic E-state index is 11.6. The molecule has 0 heterocycles. The van der Waals surface area contributed by atoms with Gasteiger partial charge in [0.1, 0.15) is 11.6 Å². The molecule has 0 rings (SSSR count). The molecule has 1 amide bonds. The predicted octanol–water partition coefficient (Wildman–Crippen LogP) is 1.22. The van der Waals surface area contributed by atoms with Crippen LogP contribution >= 0.6 is 0 Å². The van der Waals surface area contributed by atoms with Crippen LogP contribution in [0, 0.1) is 11.3 Å². The van der Waals surface area contributed by atoms with Crippen LogP contribution in [0.15, 0.2) is 0 Å². The van der Waals surface area contributed by atoms with Gasteiger partial charge in [-0.1, -0.05) is 13.3 Å². The summed E-state index contributed by atoms with van der Waals surface area (Å²) in [5.41, 5.74) is -0.872. The van der Waals surface area contributed by atoms with E-state index in [0.717, 1.165) is 6.42 Å². The van der Waals surface area contributed by atoms with Gasteiger partial charge in [-0.25, -0.2) is 0 Å². The Kier molecular flexibility index (Phi) is 5.18. The summed E-state index contributed by atoms with van der Waals surface area (Å²) in [5, 5.41) is 11.4. The van der Waals surface area contributed by atoms with Crippen molar-refractivity contribution in [1.29, 1.82) is 5.26 Å². The molecule has 14 heavy (non-hydrogen) atoms. The Morgan fingerprint density at radius 3 is 2.57 bits per heavy atom. The highest BCUT2D eigenvalue weighted by Gasteiger charge is 2.28. The number of methoxy groups -OCH3 is 1. The van der Waals surface area contributed by atoms with E-state index in [1.807, 2.05) is 13.0 Å². The number of amides is 1. The zero-order valence-electron chi connectivity index (χ0n) is 9.26. The van der Waals surface area contributed by atoms with E-state index in [-0.39, 0.29) is 5.91 Å². The molecule has 1 atom stereocenters. The van der Waals surface area contributed by atoms with Crippen molar-refractivity contribution < 1.29 is 9.53 Å². The summed E-state index contributed by atoms with van der Waals surface area (Å²) in [4.78, 5) is 11.6. The maximum Gasteiger partial charge on any atom is 0.252 e. The van der Waals surface area contributed by atoms with Gasteiger partial charge in [0.15, 0.2) is 0 Å². The lowest BCUT2D eigenvalue weighted by Crippen LogP contribution is -2.47. The number of hydrogen-bond acceptors (Lipinski definition) is 3. The molecule has 4 nitrogen and oxygen atoms in total. The van der Waals surface area contributed by atoms with Crippen molar-refractivity contribution in [3.63, 3.8) is 0 Å². The number of ether oxygens (including phenoxy) is 1.